The van der Waals surface area contributed by atoms with Gasteiger partial charge in [0.1, 0.15) is 0 Å². The first-order chi connectivity index (χ1) is 11.6. The maximum atomic E-state index is 13.5. The average Bonchev–Trinajstić information content (AvgIpc) is 3.04. The van der Waals surface area contributed by atoms with E-state index < -0.39 is 5.82 Å². The normalized spacial score (nSPS) is 15.8. The lowest BCUT2D eigenvalue weighted by molar-refractivity contribution is -0.129. The van der Waals surface area contributed by atoms with E-state index in [1.54, 1.807) is 17.0 Å². The van der Waals surface area contributed by atoms with E-state index in [1.807, 2.05) is 31.2 Å². The largest absolute Gasteiger partial charge is 0.481 e. The minimum Gasteiger partial charge on any atom is -0.481 e. The van der Waals surface area contributed by atoms with Gasteiger partial charge in [0.25, 0.3) is 5.91 Å². The van der Waals surface area contributed by atoms with Crippen LogP contribution in [0.3, 0.4) is 0 Å². The molecule has 124 valence electrons. The highest BCUT2D eigenvalue weighted by atomic mass is 32.2. The second-order valence-corrected chi connectivity index (χ2v) is 6.36. The summed E-state index contributed by atoms with van der Waals surface area (Å²) in [5.74, 6) is 0.163. The molecule has 6 heteroatoms. The highest BCUT2D eigenvalue weighted by Crippen LogP contribution is 2.25. The van der Waals surface area contributed by atoms with Gasteiger partial charge in [-0.25, -0.2) is 9.38 Å². The third-order valence-corrected chi connectivity index (χ3v) is 4.55. The molecule has 0 bridgehead atoms. The maximum absolute atomic E-state index is 13.5. The topological polar surface area (TPSA) is 41.9 Å². The summed E-state index contributed by atoms with van der Waals surface area (Å²) < 4.78 is 18.9. The van der Waals surface area contributed by atoms with E-state index in [1.165, 1.54) is 23.9 Å². The molecule has 0 saturated carbocycles. The van der Waals surface area contributed by atoms with E-state index in [9.17, 15) is 9.18 Å². The van der Waals surface area contributed by atoms with Gasteiger partial charge in [-0.1, -0.05) is 42.1 Å². The fourth-order valence-corrected chi connectivity index (χ4v) is 3.27. The molecular weight excluding hydrogens is 327 g/mol. The van der Waals surface area contributed by atoms with Gasteiger partial charge in [0.05, 0.1) is 5.69 Å². The molecule has 2 aromatic carbocycles. The first-order valence-electron chi connectivity index (χ1n) is 7.60. The van der Waals surface area contributed by atoms with Crippen LogP contribution in [0.1, 0.15) is 5.56 Å². The number of para-hydroxylation sites is 2. The van der Waals surface area contributed by atoms with Gasteiger partial charge in [0.15, 0.2) is 23.3 Å². The summed E-state index contributed by atoms with van der Waals surface area (Å²) >= 11 is 1.53. The summed E-state index contributed by atoms with van der Waals surface area (Å²) in [4.78, 5) is 18.6. The van der Waals surface area contributed by atoms with Crippen LogP contribution >= 0.6 is 11.8 Å². The fraction of sp³-hybridized carbons (Fsp3) is 0.222. The van der Waals surface area contributed by atoms with Crippen LogP contribution in [0.15, 0.2) is 53.5 Å². The summed E-state index contributed by atoms with van der Waals surface area (Å²) in [6.07, 6.45) is 0. The van der Waals surface area contributed by atoms with Crippen LogP contribution in [0.25, 0.3) is 0 Å². The van der Waals surface area contributed by atoms with Gasteiger partial charge in [-0.15, -0.1) is 0 Å². The van der Waals surface area contributed by atoms with Crippen molar-refractivity contribution in [3.8, 4) is 5.75 Å². The number of rotatable bonds is 4. The molecular formula is C18H17FN2O2S. The summed E-state index contributed by atoms with van der Waals surface area (Å²) in [6.45, 7) is 2.34. The van der Waals surface area contributed by atoms with Crippen molar-refractivity contribution in [3.05, 3.63) is 59.9 Å². The molecule has 0 spiro atoms. The van der Waals surface area contributed by atoms with Crippen LogP contribution in [0, 0.1) is 12.7 Å². The zero-order valence-electron chi connectivity index (χ0n) is 13.2. The molecule has 0 radical (unpaired) electrons. The summed E-state index contributed by atoms with van der Waals surface area (Å²) in [5, 5.41) is 0.659. The molecule has 0 atom stereocenters. The van der Waals surface area contributed by atoms with Crippen LogP contribution in [-0.2, 0) is 4.79 Å². The number of halogens is 1. The van der Waals surface area contributed by atoms with Gasteiger partial charge >= 0.3 is 0 Å². The predicted octanol–water partition coefficient (Wildman–Crippen LogP) is 3.78. The van der Waals surface area contributed by atoms with E-state index in [-0.39, 0.29) is 18.3 Å². The summed E-state index contributed by atoms with van der Waals surface area (Å²) in [6, 6.07) is 13.8. The molecule has 0 aliphatic carbocycles. The lowest BCUT2D eigenvalue weighted by Crippen LogP contribution is -2.35. The predicted molar refractivity (Wildman–Crippen MR) is 94.3 cm³/mol. The number of nitrogens with zero attached hydrogens (tertiary/aromatic N) is 2. The number of benzene rings is 2. The molecule has 24 heavy (non-hydrogen) atoms. The molecule has 1 amide bonds. The Morgan fingerprint density at radius 3 is 2.79 bits per heavy atom. The Balaban J connectivity index is 1.70. The lowest BCUT2D eigenvalue weighted by Gasteiger charge is -2.16. The molecule has 1 fully saturated rings. The quantitative estimate of drug-likeness (QED) is 0.848. The van der Waals surface area contributed by atoms with Crippen molar-refractivity contribution in [3.63, 3.8) is 0 Å². The monoisotopic (exact) mass is 344 g/mol. The van der Waals surface area contributed by atoms with Gasteiger partial charge in [0, 0.05) is 12.3 Å². The molecule has 1 aliphatic heterocycles. The van der Waals surface area contributed by atoms with E-state index in [0.29, 0.717) is 11.7 Å². The Morgan fingerprint density at radius 2 is 2.00 bits per heavy atom. The van der Waals surface area contributed by atoms with Gasteiger partial charge in [-0.3, -0.25) is 9.69 Å². The zero-order valence-corrected chi connectivity index (χ0v) is 14.1. The molecule has 1 aliphatic rings. The molecule has 1 saturated heterocycles. The molecule has 1 heterocycles. The molecule has 2 aromatic rings. The van der Waals surface area contributed by atoms with E-state index in [4.69, 9.17) is 4.74 Å². The average molecular weight is 344 g/mol. The molecule has 4 nitrogen and oxygen atoms in total. The third-order valence-electron chi connectivity index (χ3n) is 3.60. The number of hydrogen-bond donors (Lipinski definition) is 0. The Morgan fingerprint density at radius 1 is 1.25 bits per heavy atom. The van der Waals surface area contributed by atoms with E-state index in [2.05, 4.69) is 4.99 Å². The zero-order chi connectivity index (χ0) is 16.9. The second-order valence-electron chi connectivity index (χ2n) is 5.29. The Labute approximate surface area is 144 Å². The number of amides is 1. The number of thioether (sulfide) groups is 1. The Hall–Kier alpha value is -2.34. The van der Waals surface area contributed by atoms with Crippen molar-refractivity contribution >= 4 is 28.5 Å². The van der Waals surface area contributed by atoms with Crippen molar-refractivity contribution in [1.82, 2.24) is 4.90 Å². The van der Waals surface area contributed by atoms with E-state index in [0.717, 1.165) is 17.0 Å². The highest BCUT2D eigenvalue weighted by molar-refractivity contribution is 8.14. The summed E-state index contributed by atoms with van der Waals surface area (Å²) in [7, 11) is 0. The number of amidine groups is 1. The molecule has 0 aromatic heterocycles. The Kier molecular flexibility index (Phi) is 5.15. The van der Waals surface area contributed by atoms with Crippen LogP contribution in [0.2, 0.25) is 0 Å². The SMILES string of the molecule is Cc1ccccc1N=C1SCCN1C(=O)COc1ccccc1F. The number of hydrogen-bond acceptors (Lipinski definition) is 4. The number of aliphatic imine (C=N–C) groups is 1. The van der Waals surface area contributed by atoms with Crippen molar-refractivity contribution < 1.29 is 13.9 Å². The standard InChI is InChI=1S/C18H17FN2O2S/c1-13-6-2-4-8-15(13)20-18-21(10-11-24-18)17(22)12-23-16-9-5-3-7-14(16)19/h2-9H,10-12H2,1H3. The number of aryl methyl sites for hydroxylation is 1. The van der Waals surface area contributed by atoms with E-state index >= 15 is 0 Å². The second kappa shape index (κ2) is 7.49. The van der Waals surface area contributed by atoms with Crippen molar-refractivity contribution in [2.24, 2.45) is 4.99 Å². The lowest BCUT2D eigenvalue weighted by atomic mass is 10.2. The third kappa shape index (κ3) is 3.76. The number of carbonyl (C=O) groups excluding carboxylic acids is 1. The molecule has 3 rings (SSSR count). The molecule has 0 unspecified atom stereocenters. The smallest absolute Gasteiger partial charge is 0.266 e. The fourth-order valence-electron chi connectivity index (χ4n) is 2.30. The van der Waals surface area contributed by atoms with Crippen molar-refractivity contribution in [2.75, 3.05) is 18.9 Å². The van der Waals surface area contributed by atoms with Crippen LogP contribution in [0.5, 0.6) is 5.75 Å². The van der Waals surface area contributed by atoms with Crippen LogP contribution in [0.4, 0.5) is 10.1 Å². The Bertz CT molecular complexity index is 779. The molecule has 0 N–H and O–H groups in total. The minimum atomic E-state index is -0.477. The van der Waals surface area contributed by atoms with Gasteiger partial charge in [-0.05, 0) is 30.7 Å². The van der Waals surface area contributed by atoms with Crippen molar-refractivity contribution in [2.45, 2.75) is 6.92 Å². The number of ether oxygens (including phenoxy) is 1. The number of carbonyl (C=O) groups is 1. The highest BCUT2D eigenvalue weighted by Gasteiger charge is 2.26. The first-order valence-corrected chi connectivity index (χ1v) is 8.58. The van der Waals surface area contributed by atoms with Gasteiger partial charge in [0.2, 0.25) is 0 Å². The maximum Gasteiger partial charge on any atom is 0.266 e. The van der Waals surface area contributed by atoms with Gasteiger partial charge in [-0.2, -0.15) is 0 Å². The minimum absolute atomic E-state index is 0.0788. The van der Waals surface area contributed by atoms with Gasteiger partial charge < -0.3 is 4.74 Å². The van der Waals surface area contributed by atoms with Crippen LogP contribution in [-0.4, -0.2) is 34.9 Å². The van der Waals surface area contributed by atoms with Crippen molar-refractivity contribution in [1.29, 1.82) is 0 Å². The first kappa shape index (κ1) is 16.5. The summed E-state index contributed by atoms with van der Waals surface area (Å²) in [5.41, 5.74) is 1.89. The van der Waals surface area contributed by atoms with Crippen LogP contribution < -0.4 is 4.74 Å².